The van der Waals surface area contributed by atoms with E-state index in [4.69, 9.17) is 32.7 Å². The van der Waals surface area contributed by atoms with Crippen LogP contribution in [0, 0.1) is 11.6 Å². The lowest BCUT2D eigenvalue weighted by Crippen LogP contribution is -2.03. The zero-order chi connectivity index (χ0) is 48.5. The van der Waals surface area contributed by atoms with E-state index in [1.165, 1.54) is 48.5 Å². The molecule has 0 aliphatic rings. The zero-order valence-corrected chi connectivity index (χ0v) is 38.1. The van der Waals surface area contributed by atoms with Crippen LogP contribution < -0.4 is 9.47 Å². The molecule has 0 radical (unpaired) electrons. The number of rotatable bonds is 13. The molecule has 0 aliphatic carbocycles. The Morgan fingerprint density at radius 2 is 0.643 bits per heavy atom. The third-order valence-corrected chi connectivity index (χ3v) is 12.3. The van der Waals surface area contributed by atoms with Gasteiger partial charge in [0.25, 0.3) is 0 Å². The normalized spacial score (nSPS) is 11.1. The molecule has 70 heavy (non-hydrogen) atoms. The van der Waals surface area contributed by atoms with Gasteiger partial charge < -0.3 is 9.47 Å². The Bertz CT molecular complexity index is 3460. The van der Waals surface area contributed by atoms with Gasteiger partial charge in [-0.3, -0.25) is 19.2 Å². The van der Waals surface area contributed by atoms with Gasteiger partial charge in [-0.2, -0.15) is 0 Å². The van der Waals surface area contributed by atoms with E-state index in [-0.39, 0.29) is 23.1 Å². The predicted molar refractivity (Wildman–Crippen MR) is 269 cm³/mol. The van der Waals surface area contributed by atoms with Crippen molar-refractivity contribution in [3.63, 3.8) is 0 Å². The minimum absolute atomic E-state index is 0.228. The fourth-order valence-corrected chi connectivity index (χ4v) is 8.70. The average molecular weight is 960 g/mol. The first-order valence-corrected chi connectivity index (χ1v) is 22.6. The molecule has 0 fully saturated rings. The highest BCUT2D eigenvalue weighted by Crippen LogP contribution is 2.48. The Morgan fingerprint density at radius 1 is 0.329 bits per heavy atom. The molecular formula is C60H34Cl2F2O6. The van der Waals surface area contributed by atoms with E-state index in [2.05, 4.69) is 0 Å². The van der Waals surface area contributed by atoms with E-state index in [1.807, 2.05) is 24.3 Å². The second-order valence-electron chi connectivity index (χ2n) is 16.4. The third kappa shape index (κ3) is 9.34. The summed E-state index contributed by atoms with van der Waals surface area (Å²) in [6.45, 7) is 0. The van der Waals surface area contributed by atoms with Crippen LogP contribution in [-0.4, -0.2) is 23.1 Å². The summed E-state index contributed by atoms with van der Waals surface area (Å²) >= 11 is 12.6. The number of hydrogen-bond donors (Lipinski definition) is 0. The fraction of sp³-hybridized carbons (Fsp3) is 0. The van der Waals surface area contributed by atoms with Crippen LogP contribution in [0.5, 0.6) is 23.0 Å². The SMILES string of the molecule is O=C(c1ccc(F)cc1)c1ccc(Oc2ccc3cc(C(=O)c4cccc(Cl)c4)ccc3c2-c2c(Oc3ccc(C(=O)c4ccc(F)cc4)cc3)ccc3cc(C(=O)c4cccc(Cl)c4)ccc23)cc1. The van der Waals surface area contributed by atoms with Gasteiger partial charge in [0, 0.05) is 65.7 Å². The molecule has 0 amide bonds. The van der Waals surface area contributed by atoms with Crippen LogP contribution in [0.2, 0.25) is 10.0 Å². The molecule has 0 aromatic heterocycles. The minimum Gasteiger partial charge on any atom is -0.457 e. The highest BCUT2D eigenvalue weighted by Gasteiger charge is 2.23. The fourth-order valence-electron chi connectivity index (χ4n) is 8.32. The first-order valence-electron chi connectivity index (χ1n) is 21.9. The van der Waals surface area contributed by atoms with Gasteiger partial charge in [-0.05, 0) is 167 Å². The molecular weight excluding hydrogens is 926 g/mol. The van der Waals surface area contributed by atoms with Crippen LogP contribution in [0.25, 0.3) is 32.7 Å². The molecule has 0 heterocycles. The lowest BCUT2D eigenvalue weighted by atomic mass is 9.89. The van der Waals surface area contributed by atoms with Gasteiger partial charge in [-0.1, -0.05) is 83.9 Å². The summed E-state index contributed by atoms with van der Waals surface area (Å²) in [7, 11) is 0. The average Bonchev–Trinajstić information content (AvgIpc) is 3.38. The smallest absolute Gasteiger partial charge is 0.193 e. The van der Waals surface area contributed by atoms with Crippen molar-refractivity contribution in [1.29, 1.82) is 0 Å². The van der Waals surface area contributed by atoms with E-state index >= 15 is 0 Å². The van der Waals surface area contributed by atoms with Gasteiger partial charge in [-0.15, -0.1) is 0 Å². The molecule has 10 heteroatoms. The molecule has 0 aliphatic heterocycles. The van der Waals surface area contributed by atoms with Gasteiger partial charge in [0.15, 0.2) is 23.1 Å². The second-order valence-corrected chi connectivity index (χ2v) is 17.2. The molecule has 0 bridgehead atoms. The summed E-state index contributed by atoms with van der Waals surface area (Å²) in [5, 5.41) is 3.60. The Kier molecular flexibility index (Phi) is 12.4. The maximum absolute atomic E-state index is 13.9. The molecule has 0 N–H and O–H groups in total. The van der Waals surface area contributed by atoms with Crippen LogP contribution in [0.4, 0.5) is 8.78 Å². The number of halogens is 4. The van der Waals surface area contributed by atoms with E-state index in [9.17, 15) is 28.0 Å². The van der Waals surface area contributed by atoms with Crippen molar-refractivity contribution in [2.45, 2.75) is 0 Å². The van der Waals surface area contributed by atoms with E-state index in [1.54, 1.807) is 133 Å². The number of benzene rings is 10. The zero-order valence-electron chi connectivity index (χ0n) is 36.6. The number of hydrogen-bond acceptors (Lipinski definition) is 6. The van der Waals surface area contributed by atoms with Crippen molar-refractivity contribution >= 4 is 67.9 Å². The topological polar surface area (TPSA) is 86.7 Å². The van der Waals surface area contributed by atoms with Crippen molar-refractivity contribution in [3.05, 3.63) is 272 Å². The Labute approximate surface area is 409 Å². The standard InChI is InChI=1S/C60H34Cl2F2O6/c61-45-5-1-3-41(33-45)59(67)43-15-27-51-39(31-43)17-29-53(69-49-23-11-37(12-24-49)57(65)35-7-19-47(63)20-8-35)55(51)56-52-28-16-44(60(68)42-4-2-6-46(62)34-42)32-40(52)18-30-54(56)70-50-25-13-38(14-26-50)58(66)36-9-21-48(64)22-10-36/h1-34H. The van der Waals surface area contributed by atoms with Crippen molar-refractivity contribution in [1.82, 2.24) is 0 Å². The third-order valence-electron chi connectivity index (χ3n) is 11.8. The Hall–Kier alpha value is -8.56. The van der Waals surface area contributed by atoms with E-state index in [0.29, 0.717) is 110 Å². The lowest BCUT2D eigenvalue weighted by Gasteiger charge is -2.20. The molecule has 0 saturated carbocycles. The maximum Gasteiger partial charge on any atom is 0.193 e. The largest absolute Gasteiger partial charge is 0.457 e. The van der Waals surface area contributed by atoms with Gasteiger partial charge in [0.05, 0.1) is 0 Å². The van der Waals surface area contributed by atoms with Gasteiger partial charge in [0.2, 0.25) is 0 Å². The summed E-state index contributed by atoms with van der Waals surface area (Å²) in [4.78, 5) is 54.4. The molecule has 10 aromatic carbocycles. The van der Waals surface area contributed by atoms with Crippen LogP contribution in [0.15, 0.2) is 206 Å². The van der Waals surface area contributed by atoms with Crippen LogP contribution in [-0.2, 0) is 0 Å². The summed E-state index contributed by atoms with van der Waals surface area (Å²) in [5.41, 5.74) is 4.23. The Balaban J connectivity index is 1.12. The molecule has 0 atom stereocenters. The first kappa shape index (κ1) is 45.2. The van der Waals surface area contributed by atoms with Gasteiger partial charge >= 0.3 is 0 Å². The van der Waals surface area contributed by atoms with Crippen molar-refractivity contribution < 1.29 is 37.4 Å². The number of fused-ring (bicyclic) bond motifs is 2. The summed E-state index contributed by atoms with van der Waals surface area (Å²) in [6.07, 6.45) is 0. The molecule has 10 aromatic rings. The highest BCUT2D eigenvalue weighted by atomic mass is 35.5. The van der Waals surface area contributed by atoms with E-state index < -0.39 is 11.6 Å². The number of ether oxygens (including phenoxy) is 2. The minimum atomic E-state index is -0.449. The van der Waals surface area contributed by atoms with Crippen LogP contribution >= 0.6 is 23.2 Å². The molecule has 0 saturated heterocycles. The molecule has 0 spiro atoms. The number of carbonyl (C=O) groups is 4. The van der Waals surface area contributed by atoms with Crippen molar-refractivity contribution in [3.8, 4) is 34.1 Å². The van der Waals surface area contributed by atoms with Crippen molar-refractivity contribution in [2.75, 3.05) is 0 Å². The van der Waals surface area contributed by atoms with Gasteiger partial charge in [-0.25, -0.2) is 8.78 Å². The van der Waals surface area contributed by atoms with Crippen molar-refractivity contribution in [2.24, 2.45) is 0 Å². The molecule has 338 valence electrons. The summed E-state index contributed by atoms with van der Waals surface area (Å²) in [6, 6.07) is 55.3. The van der Waals surface area contributed by atoms with E-state index in [0.717, 1.165) is 0 Å². The van der Waals surface area contributed by atoms with Crippen LogP contribution in [0.1, 0.15) is 63.7 Å². The summed E-state index contributed by atoms with van der Waals surface area (Å²) < 4.78 is 40.8. The molecule has 10 rings (SSSR count). The predicted octanol–water partition coefficient (Wildman–Crippen LogP) is 15.8. The molecule has 6 nitrogen and oxygen atoms in total. The molecule has 0 unspecified atom stereocenters. The quantitative estimate of drug-likeness (QED) is 0.107. The second kappa shape index (κ2) is 19.2. The van der Waals surface area contributed by atoms with Crippen LogP contribution in [0.3, 0.4) is 0 Å². The number of carbonyl (C=O) groups excluding carboxylic acids is 4. The maximum atomic E-state index is 13.9. The summed E-state index contributed by atoms with van der Waals surface area (Å²) in [5.74, 6) is -0.386. The number of ketones is 4. The Morgan fingerprint density at radius 3 is 1.00 bits per heavy atom. The van der Waals surface area contributed by atoms with Gasteiger partial charge in [0.1, 0.15) is 34.6 Å². The highest BCUT2D eigenvalue weighted by molar-refractivity contribution is 6.31. The monoisotopic (exact) mass is 958 g/mol. The first-order chi connectivity index (χ1) is 33.9. The lowest BCUT2D eigenvalue weighted by molar-refractivity contribution is 0.103.